The average molecular weight is 491 g/mol. The number of rotatable bonds is 6. The van der Waals surface area contributed by atoms with Gasteiger partial charge >= 0.3 is 0 Å². The van der Waals surface area contributed by atoms with E-state index in [4.69, 9.17) is 17.0 Å². The lowest BCUT2D eigenvalue weighted by Crippen LogP contribution is -2.43. The number of nitrogens with zero attached hydrogens (tertiary/aromatic N) is 1. The second kappa shape index (κ2) is 9.87. The molecule has 0 spiro atoms. The Balaban J connectivity index is 1.30. The molecule has 1 fully saturated rings. The summed E-state index contributed by atoms with van der Waals surface area (Å²) in [4.78, 5) is 3.75. The number of nitrogens with one attached hydrogen (secondary N) is 1. The summed E-state index contributed by atoms with van der Waals surface area (Å²) in [6.07, 6.45) is 5.05. The van der Waals surface area contributed by atoms with Gasteiger partial charge < -0.3 is 15.4 Å². The third-order valence-corrected chi connectivity index (χ3v) is 8.98. The van der Waals surface area contributed by atoms with Crippen LogP contribution in [0.3, 0.4) is 0 Å². The van der Waals surface area contributed by atoms with E-state index in [1.807, 2.05) is 36.0 Å². The van der Waals surface area contributed by atoms with Gasteiger partial charge in [-0.15, -0.1) is 11.8 Å². The molecule has 2 N–H and O–H groups in total. The standard InChI is InChI=1S/C29H31ClN2OS/c30-24-12-10-23(11-13-24)29(33)15-18-32(19-16-29)17-5-14-28(21-31)25-7-2-1-6-22(25)20-34-27-9-4-3-8-26(27)28/h1-4,6-13,21,31,33H,5,14-20H2. The van der Waals surface area contributed by atoms with Crippen LogP contribution in [0.25, 0.3) is 0 Å². The molecule has 0 bridgehead atoms. The quantitative estimate of drug-likeness (QED) is 0.380. The molecular formula is C29H31ClN2OS. The van der Waals surface area contributed by atoms with Crippen molar-refractivity contribution in [1.82, 2.24) is 4.90 Å². The molecular weight excluding hydrogens is 460 g/mol. The van der Waals surface area contributed by atoms with E-state index in [1.54, 1.807) is 6.21 Å². The highest BCUT2D eigenvalue weighted by Crippen LogP contribution is 2.46. The number of likely N-dealkylation sites (tertiary alicyclic amines) is 1. The Morgan fingerprint density at radius 1 is 0.941 bits per heavy atom. The lowest BCUT2D eigenvalue weighted by atomic mass is 9.70. The topological polar surface area (TPSA) is 47.3 Å². The maximum atomic E-state index is 11.2. The van der Waals surface area contributed by atoms with E-state index in [1.165, 1.54) is 21.6 Å². The van der Waals surface area contributed by atoms with E-state index in [2.05, 4.69) is 53.4 Å². The zero-order valence-electron chi connectivity index (χ0n) is 19.3. The summed E-state index contributed by atoms with van der Waals surface area (Å²) >= 11 is 7.91. The summed E-state index contributed by atoms with van der Waals surface area (Å²) in [6.45, 7) is 2.73. The predicted molar refractivity (Wildman–Crippen MR) is 142 cm³/mol. The van der Waals surface area contributed by atoms with Crippen LogP contribution in [0.2, 0.25) is 5.02 Å². The van der Waals surface area contributed by atoms with Crippen molar-refractivity contribution in [3.63, 3.8) is 0 Å². The van der Waals surface area contributed by atoms with Crippen molar-refractivity contribution >= 4 is 29.6 Å². The Hall–Kier alpha value is -2.11. The first-order chi connectivity index (χ1) is 16.5. The van der Waals surface area contributed by atoms with Crippen molar-refractivity contribution < 1.29 is 5.11 Å². The first kappa shape index (κ1) is 23.6. The lowest BCUT2D eigenvalue weighted by Gasteiger charge is -2.39. The van der Waals surface area contributed by atoms with E-state index in [0.29, 0.717) is 5.02 Å². The van der Waals surface area contributed by atoms with Crippen LogP contribution < -0.4 is 0 Å². The van der Waals surface area contributed by atoms with Gasteiger partial charge in [0.05, 0.1) is 11.0 Å². The van der Waals surface area contributed by atoms with E-state index in [-0.39, 0.29) is 0 Å². The normalized spacial score (nSPS) is 21.8. The highest BCUT2D eigenvalue weighted by molar-refractivity contribution is 7.98. The fourth-order valence-electron chi connectivity index (χ4n) is 5.62. The van der Waals surface area contributed by atoms with Gasteiger partial charge in [0.25, 0.3) is 0 Å². The monoisotopic (exact) mass is 490 g/mol. The molecule has 3 aromatic rings. The van der Waals surface area contributed by atoms with Crippen LogP contribution in [0.15, 0.2) is 77.7 Å². The fourth-order valence-corrected chi connectivity index (χ4v) is 6.89. The zero-order valence-corrected chi connectivity index (χ0v) is 20.9. The number of hydrogen-bond donors (Lipinski definition) is 2. The number of fused-ring (bicyclic) bond motifs is 2. The summed E-state index contributed by atoms with van der Waals surface area (Å²) < 4.78 is 0. The van der Waals surface area contributed by atoms with Crippen LogP contribution in [0.1, 0.15) is 47.9 Å². The largest absolute Gasteiger partial charge is 0.385 e. The van der Waals surface area contributed by atoms with E-state index in [9.17, 15) is 5.11 Å². The first-order valence-corrected chi connectivity index (χ1v) is 13.4. The van der Waals surface area contributed by atoms with Crippen molar-refractivity contribution in [2.24, 2.45) is 0 Å². The summed E-state index contributed by atoms with van der Waals surface area (Å²) in [6, 6.07) is 24.9. The summed E-state index contributed by atoms with van der Waals surface area (Å²) in [7, 11) is 0. The molecule has 2 aliphatic rings. The zero-order chi connectivity index (χ0) is 23.6. The molecule has 1 unspecified atom stereocenters. The van der Waals surface area contributed by atoms with Gasteiger partial charge in [0, 0.05) is 35.0 Å². The Kier molecular flexibility index (Phi) is 6.85. The predicted octanol–water partition coefficient (Wildman–Crippen LogP) is 6.65. The summed E-state index contributed by atoms with van der Waals surface area (Å²) in [5, 5.41) is 20.5. The molecule has 3 aromatic carbocycles. The lowest BCUT2D eigenvalue weighted by molar-refractivity contribution is -0.0261. The van der Waals surface area contributed by atoms with Gasteiger partial charge in [-0.25, -0.2) is 0 Å². The van der Waals surface area contributed by atoms with E-state index in [0.717, 1.165) is 56.6 Å². The van der Waals surface area contributed by atoms with Crippen LogP contribution in [0, 0.1) is 5.41 Å². The number of halogens is 1. The molecule has 5 heteroatoms. The SMILES string of the molecule is N=CC1(CCCN2CCC(O)(c3ccc(Cl)cc3)CC2)c2ccccc2CSc2ccccc21. The third-order valence-electron chi connectivity index (χ3n) is 7.61. The van der Waals surface area contributed by atoms with Crippen molar-refractivity contribution in [3.05, 3.63) is 100 Å². The molecule has 5 rings (SSSR count). The minimum absolute atomic E-state index is 0.392. The number of piperidine rings is 1. The number of thioether (sulfide) groups is 1. The van der Waals surface area contributed by atoms with E-state index < -0.39 is 11.0 Å². The maximum Gasteiger partial charge on any atom is 0.0920 e. The Labute approximate surface area is 211 Å². The summed E-state index contributed by atoms with van der Waals surface area (Å²) in [5.41, 5.74) is 3.67. The number of benzene rings is 3. The van der Waals surface area contributed by atoms with Gasteiger partial charge in [-0.1, -0.05) is 66.2 Å². The Morgan fingerprint density at radius 2 is 1.62 bits per heavy atom. The molecule has 2 aliphatic heterocycles. The molecule has 1 atom stereocenters. The van der Waals surface area contributed by atoms with Gasteiger partial charge in [0.2, 0.25) is 0 Å². The maximum absolute atomic E-state index is 11.2. The van der Waals surface area contributed by atoms with Gasteiger partial charge in [-0.3, -0.25) is 0 Å². The number of hydrogen-bond acceptors (Lipinski definition) is 4. The van der Waals surface area contributed by atoms with Crippen LogP contribution in [-0.2, 0) is 16.8 Å². The van der Waals surface area contributed by atoms with Crippen molar-refractivity contribution in [2.75, 3.05) is 19.6 Å². The molecule has 0 amide bonds. The van der Waals surface area contributed by atoms with Crippen LogP contribution in [-0.4, -0.2) is 35.9 Å². The van der Waals surface area contributed by atoms with Gasteiger partial charge in [-0.2, -0.15) is 0 Å². The summed E-state index contributed by atoms with van der Waals surface area (Å²) in [5.74, 6) is 0.943. The second-order valence-electron chi connectivity index (χ2n) is 9.54. The molecule has 2 heterocycles. The van der Waals surface area contributed by atoms with Crippen molar-refractivity contribution in [3.8, 4) is 0 Å². The molecule has 0 aromatic heterocycles. The molecule has 0 aliphatic carbocycles. The molecule has 1 saturated heterocycles. The van der Waals surface area contributed by atoms with E-state index >= 15 is 0 Å². The van der Waals surface area contributed by atoms with Crippen molar-refractivity contribution in [1.29, 1.82) is 5.41 Å². The minimum atomic E-state index is -0.770. The van der Waals surface area contributed by atoms with Gasteiger partial charge in [-0.05, 0) is 72.7 Å². The molecule has 176 valence electrons. The minimum Gasteiger partial charge on any atom is -0.385 e. The van der Waals surface area contributed by atoms with Crippen LogP contribution >= 0.6 is 23.4 Å². The van der Waals surface area contributed by atoms with Gasteiger partial charge in [0.15, 0.2) is 0 Å². The van der Waals surface area contributed by atoms with Crippen molar-refractivity contribution in [2.45, 2.75) is 47.3 Å². The molecule has 3 nitrogen and oxygen atoms in total. The Morgan fingerprint density at radius 3 is 2.35 bits per heavy atom. The second-order valence-corrected chi connectivity index (χ2v) is 11.0. The molecule has 0 saturated carbocycles. The number of aliphatic hydroxyl groups is 1. The highest BCUT2D eigenvalue weighted by atomic mass is 35.5. The molecule has 34 heavy (non-hydrogen) atoms. The highest BCUT2D eigenvalue weighted by Gasteiger charge is 2.38. The molecule has 0 radical (unpaired) electrons. The van der Waals surface area contributed by atoms with Crippen LogP contribution in [0.4, 0.5) is 0 Å². The third kappa shape index (κ3) is 4.45. The van der Waals surface area contributed by atoms with Crippen LogP contribution in [0.5, 0.6) is 0 Å². The fraction of sp³-hybridized carbons (Fsp3) is 0.345. The van der Waals surface area contributed by atoms with Gasteiger partial charge in [0.1, 0.15) is 0 Å². The average Bonchev–Trinajstić information content (AvgIpc) is 3.01. The Bertz CT molecular complexity index is 1110. The smallest absolute Gasteiger partial charge is 0.0920 e. The first-order valence-electron chi connectivity index (χ1n) is 12.1.